The van der Waals surface area contributed by atoms with Crippen LogP contribution >= 0.6 is 0 Å². The van der Waals surface area contributed by atoms with Crippen LogP contribution in [0.4, 0.5) is 0 Å². The number of nitrogens with zero attached hydrogens (tertiary/aromatic N) is 1. The van der Waals surface area contributed by atoms with Gasteiger partial charge in [0.1, 0.15) is 12.0 Å². The summed E-state index contributed by atoms with van der Waals surface area (Å²) in [5.74, 6) is 2.92. The lowest BCUT2D eigenvalue weighted by Gasteiger charge is -2.27. The molecular formula is C18H17NO2. The Labute approximate surface area is 124 Å². The molecule has 21 heavy (non-hydrogen) atoms. The third kappa shape index (κ3) is 2.96. The molecule has 0 radical (unpaired) electrons. The molecule has 106 valence electrons. The Kier molecular flexibility index (Phi) is 4.42. The minimum atomic E-state index is -1.35. The van der Waals surface area contributed by atoms with E-state index in [1.807, 2.05) is 37.3 Å². The minimum absolute atomic E-state index is 0.453. The Morgan fingerprint density at radius 3 is 2.67 bits per heavy atom. The highest BCUT2D eigenvalue weighted by molar-refractivity contribution is 5.42. The van der Waals surface area contributed by atoms with E-state index in [-0.39, 0.29) is 0 Å². The van der Waals surface area contributed by atoms with Crippen LogP contribution in [0.5, 0.6) is 0 Å². The fourth-order valence-electron chi connectivity index (χ4n) is 2.16. The predicted octanol–water partition coefficient (Wildman–Crippen LogP) is 3.35. The van der Waals surface area contributed by atoms with Gasteiger partial charge in [-0.3, -0.25) is 0 Å². The Bertz CT molecular complexity index is 704. The molecule has 1 aromatic carbocycles. The summed E-state index contributed by atoms with van der Waals surface area (Å²) in [6.07, 6.45) is 11.7. The van der Waals surface area contributed by atoms with Gasteiger partial charge in [-0.25, -0.2) is 4.98 Å². The number of hydrogen-bond donors (Lipinski definition) is 1. The van der Waals surface area contributed by atoms with Gasteiger partial charge in [-0.15, -0.1) is 6.42 Å². The quantitative estimate of drug-likeness (QED) is 0.689. The predicted molar refractivity (Wildman–Crippen MR) is 82.4 cm³/mol. The van der Waals surface area contributed by atoms with Crippen molar-refractivity contribution in [3.63, 3.8) is 0 Å². The van der Waals surface area contributed by atoms with Crippen LogP contribution in [0.3, 0.4) is 0 Å². The largest absolute Gasteiger partial charge is 0.449 e. The van der Waals surface area contributed by atoms with Gasteiger partial charge < -0.3 is 9.52 Å². The van der Waals surface area contributed by atoms with E-state index in [4.69, 9.17) is 10.8 Å². The number of benzene rings is 1. The topological polar surface area (TPSA) is 46.3 Å². The lowest BCUT2D eigenvalue weighted by Crippen LogP contribution is -2.29. The third-order valence-electron chi connectivity index (χ3n) is 3.29. The van der Waals surface area contributed by atoms with Gasteiger partial charge in [-0.2, -0.15) is 0 Å². The van der Waals surface area contributed by atoms with Crippen LogP contribution in [0.15, 0.2) is 64.8 Å². The highest BCUT2D eigenvalue weighted by Gasteiger charge is 2.36. The summed E-state index contributed by atoms with van der Waals surface area (Å²) in [6.45, 7) is 3.57. The van der Waals surface area contributed by atoms with Crippen molar-refractivity contribution in [1.29, 1.82) is 0 Å². The molecule has 0 saturated heterocycles. The van der Waals surface area contributed by atoms with Crippen molar-refractivity contribution >= 4 is 0 Å². The molecule has 0 fully saturated rings. The van der Waals surface area contributed by atoms with Crippen LogP contribution in [-0.4, -0.2) is 10.1 Å². The van der Waals surface area contributed by atoms with E-state index in [9.17, 15) is 5.11 Å². The smallest absolute Gasteiger partial charge is 0.191 e. The summed E-state index contributed by atoms with van der Waals surface area (Å²) in [5.41, 5.74) is 0.529. The van der Waals surface area contributed by atoms with Crippen molar-refractivity contribution in [2.45, 2.75) is 19.4 Å². The van der Waals surface area contributed by atoms with E-state index in [2.05, 4.69) is 10.9 Å². The standard InChI is InChI=1S/C18H17NO2/c1-4-5-7-10-14(2)18(20,16-11-8-6-9-12-16)17-13-21-15(3)19-17/h1,5-13,20H,2-3H3/b7-5-,14-10+. The van der Waals surface area contributed by atoms with E-state index in [0.717, 1.165) is 5.56 Å². The Balaban J connectivity index is 2.57. The lowest BCUT2D eigenvalue weighted by molar-refractivity contribution is 0.116. The number of terminal acetylenes is 1. The van der Waals surface area contributed by atoms with Crippen molar-refractivity contribution in [1.82, 2.24) is 4.98 Å². The van der Waals surface area contributed by atoms with Crippen LogP contribution in [0.1, 0.15) is 24.1 Å². The summed E-state index contributed by atoms with van der Waals surface area (Å²) in [7, 11) is 0. The number of allylic oxidation sites excluding steroid dienone is 3. The van der Waals surface area contributed by atoms with Gasteiger partial charge in [0.15, 0.2) is 11.5 Å². The molecule has 0 aliphatic rings. The van der Waals surface area contributed by atoms with E-state index in [0.29, 0.717) is 17.2 Å². The number of aryl methyl sites for hydroxylation is 1. The van der Waals surface area contributed by atoms with Gasteiger partial charge in [0, 0.05) is 6.92 Å². The van der Waals surface area contributed by atoms with Crippen molar-refractivity contribution in [2.75, 3.05) is 0 Å². The van der Waals surface area contributed by atoms with Gasteiger partial charge in [0.05, 0.1) is 0 Å². The minimum Gasteiger partial charge on any atom is -0.449 e. The molecule has 0 aliphatic heterocycles. The van der Waals surface area contributed by atoms with Crippen LogP contribution in [0.25, 0.3) is 0 Å². The second-order valence-corrected chi connectivity index (χ2v) is 4.70. The molecule has 0 spiro atoms. The van der Waals surface area contributed by atoms with Gasteiger partial charge in [0.25, 0.3) is 0 Å². The fourth-order valence-corrected chi connectivity index (χ4v) is 2.16. The summed E-state index contributed by atoms with van der Waals surface area (Å²) in [6, 6.07) is 9.35. The van der Waals surface area contributed by atoms with Crippen molar-refractivity contribution < 1.29 is 9.52 Å². The number of oxazole rings is 1. The fraction of sp³-hybridized carbons (Fsp3) is 0.167. The molecule has 2 aromatic rings. The third-order valence-corrected chi connectivity index (χ3v) is 3.29. The SMILES string of the molecule is C#C/C=C\C=C(/C)C(O)(c1ccccc1)c1coc(C)n1. The van der Waals surface area contributed by atoms with Crippen LogP contribution in [0.2, 0.25) is 0 Å². The maximum atomic E-state index is 11.3. The number of hydrogen-bond acceptors (Lipinski definition) is 3. The molecular weight excluding hydrogens is 262 g/mol. The Hall–Kier alpha value is -2.57. The first kappa shape index (κ1) is 14.8. The maximum absolute atomic E-state index is 11.3. The molecule has 1 unspecified atom stereocenters. The van der Waals surface area contributed by atoms with Crippen LogP contribution in [-0.2, 0) is 5.60 Å². The average Bonchev–Trinajstić information content (AvgIpc) is 2.94. The van der Waals surface area contributed by atoms with Crippen molar-refractivity contribution in [2.24, 2.45) is 0 Å². The van der Waals surface area contributed by atoms with Gasteiger partial charge in [-0.05, 0) is 24.1 Å². The van der Waals surface area contributed by atoms with E-state index in [1.165, 1.54) is 6.26 Å². The molecule has 1 heterocycles. The van der Waals surface area contributed by atoms with Gasteiger partial charge >= 0.3 is 0 Å². The monoisotopic (exact) mass is 279 g/mol. The molecule has 1 aromatic heterocycles. The molecule has 3 nitrogen and oxygen atoms in total. The highest BCUT2D eigenvalue weighted by atomic mass is 16.3. The second-order valence-electron chi connectivity index (χ2n) is 4.70. The maximum Gasteiger partial charge on any atom is 0.191 e. The molecule has 0 bridgehead atoms. The first-order chi connectivity index (χ1) is 10.1. The van der Waals surface area contributed by atoms with Crippen LogP contribution < -0.4 is 0 Å². The molecule has 0 aliphatic carbocycles. The number of aliphatic hydroxyl groups is 1. The van der Waals surface area contributed by atoms with Gasteiger partial charge in [-0.1, -0.05) is 48.4 Å². The molecule has 0 amide bonds. The van der Waals surface area contributed by atoms with E-state index in [1.54, 1.807) is 25.2 Å². The van der Waals surface area contributed by atoms with Crippen molar-refractivity contribution in [3.8, 4) is 12.3 Å². The van der Waals surface area contributed by atoms with E-state index < -0.39 is 5.60 Å². The van der Waals surface area contributed by atoms with Crippen LogP contribution in [0, 0.1) is 19.3 Å². The number of rotatable bonds is 4. The molecule has 1 N–H and O–H groups in total. The summed E-state index contributed by atoms with van der Waals surface area (Å²) in [4.78, 5) is 4.29. The lowest BCUT2D eigenvalue weighted by atomic mass is 9.84. The summed E-state index contributed by atoms with van der Waals surface area (Å²) < 4.78 is 5.26. The van der Waals surface area contributed by atoms with Gasteiger partial charge in [0.2, 0.25) is 0 Å². The number of aromatic nitrogens is 1. The zero-order valence-electron chi connectivity index (χ0n) is 12.1. The molecule has 3 heteroatoms. The zero-order valence-corrected chi connectivity index (χ0v) is 12.1. The normalized spacial score (nSPS) is 14.9. The summed E-state index contributed by atoms with van der Waals surface area (Å²) in [5, 5.41) is 11.3. The first-order valence-electron chi connectivity index (χ1n) is 6.59. The zero-order chi connectivity index (χ0) is 15.3. The second kappa shape index (κ2) is 6.25. The van der Waals surface area contributed by atoms with Crippen molar-refractivity contribution in [3.05, 3.63) is 77.5 Å². The average molecular weight is 279 g/mol. The first-order valence-corrected chi connectivity index (χ1v) is 6.59. The Morgan fingerprint density at radius 2 is 2.10 bits per heavy atom. The Morgan fingerprint density at radius 1 is 1.38 bits per heavy atom. The summed E-state index contributed by atoms with van der Waals surface area (Å²) >= 11 is 0. The molecule has 2 rings (SSSR count). The van der Waals surface area contributed by atoms with E-state index >= 15 is 0 Å². The molecule has 1 atom stereocenters. The highest BCUT2D eigenvalue weighted by Crippen LogP contribution is 2.35. The molecule has 0 saturated carbocycles.